The summed E-state index contributed by atoms with van der Waals surface area (Å²) < 4.78 is 22.2. The molecule has 27 heavy (non-hydrogen) atoms. The molecule has 1 saturated heterocycles. The third kappa shape index (κ3) is 5.15. The Balaban J connectivity index is 2.47. The second kappa shape index (κ2) is 8.65. The molecule has 12 heteroatoms. The largest absolute Gasteiger partial charge is 0.463 e. The predicted molar refractivity (Wildman–Crippen MR) is 95.7 cm³/mol. The molecule has 0 saturated carbocycles. The number of esters is 3. The van der Waals surface area contributed by atoms with Gasteiger partial charge < -0.3 is 18.9 Å². The average Bonchev–Trinajstić information content (AvgIpc) is 2.85. The van der Waals surface area contributed by atoms with Crippen LogP contribution in [0.25, 0.3) is 0 Å². The van der Waals surface area contributed by atoms with Crippen molar-refractivity contribution in [3.05, 3.63) is 30.6 Å². The summed E-state index contributed by atoms with van der Waals surface area (Å²) in [6.07, 6.45) is -3.32. The number of nitrogens with one attached hydrogen (secondary N) is 1. The highest BCUT2D eigenvalue weighted by Crippen LogP contribution is 2.33. The maximum atomic E-state index is 12.2. The van der Waals surface area contributed by atoms with E-state index in [1.54, 1.807) is 22.6 Å². The van der Waals surface area contributed by atoms with E-state index < -0.39 is 53.7 Å². The first kappa shape index (κ1) is 21.1. The van der Waals surface area contributed by atoms with Gasteiger partial charge in [0.05, 0.1) is 3.57 Å². The Morgan fingerprint density at radius 1 is 1.11 bits per heavy atom. The zero-order chi connectivity index (χ0) is 20.3. The zero-order valence-electron chi connectivity index (χ0n) is 14.6. The van der Waals surface area contributed by atoms with E-state index in [2.05, 4.69) is 4.98 Å². The molecule has 0 spiro atoms. The molecule has 2 heterocycles. The Morgan fingerprint density at radius 2 is 1.70 bits per heavy atom. The molecule has 1 aliphatic rings. The molecular weight excluding hydrogens is 479 g/mol. The minimum Gasteiger partial charge on any atom is -0.463 e. The maximum Gasteiger partial charge on any atom is 0.330 e. The molecule has 1 N–H and O–H groups in total. The quantitative estimate of drug-likeness (QED) is 0.323. The Kier molecular flexibility index (Phi) is 6.75. The number of ether oxygens (including phenoxy) is 4. The topological polar surface area (TPSA) is 143 Å². The van der Waals surface area contributed by atoms with Gasteiger partial charge in [0, 0.05) is 27.0 Å². The summed E-state index contributed by atoms with van der Waals surface area (Å²) in [5.74, 6) is -1.98. The molecule has 0 amide bonds. The fourth-order valence-electron chi connectivity index (χ4n) is 2.57. The number of carbonyl (C=O) groups excluding carboxylic acids is 3. The third-order valence-corrected chi connectivity index (χ3v) is 4.31. The van der Waals surface area contributed by atoms with Gasteiger partial charge in [0.1, 0.15) is 12.7 Å². The van der Waals surface area contributed by atoms with E-state index in [1.807, 2.05) is 0 Å². The molecular formula is C15H17IN2O9. The first-order valence-electron chi connectivity index (χ1n) is 7.74. The highest BCUT2D eigenvalue weighted by Gasteiger charge is 2.50. The van der Waals surface area contributed by atoms with Crippen molar-refractivity contribution in [3.8, 4) is 0 Å². The van der Waals surface area contributed by atoms with E-state index in [0.717, 1.165) is 18.4 Å². The lowest BCUT2D eigenvalue weighted by molar-refractivity contribution is -0.166. The summed E-state index contributed by atoms with van der Waals surface area (Å²) >= 11 is 1.72. The standard InChI is InChI=1S/C15H17IN2O9/c1-6(19)24-5-10-11(25-7(2)20)12(26-8(3)21)14(27-10)18-4-9(16)13(22)17-15(18)23/h4,10-12,14H,5H2,1-3H3,(H,17,22,23)/t10-,11-,12?,14-/m1/s1. The molecule has 11 nitrogen and oxygen atoms in total. The molecule has 1 aromatic heterocycles. The Hall–Kier alpha value is -2.22. The van der Waals surface area contributed by atoms with Gasteiger partial charge in [-0.05, 0) is 22.6 Å². The van der Waals surface area contributed by atoms with Gasteiger partial charge in [-0.3, -0.25) is 28.7 Å². The second-order valence-electron chi connectivity index (χ2n) is 5.66. The van der Waals surface area contributed by atoms with Crippen LogP contribution in [0.15, 0.2) is 15.8 Å². The average molecular weight is 496 g/mol. The SMILES string of the molecule is CC(=O)OC[C@H]1O[C@@H](n2cc(I)c(=O)[nH]c2=O)C(OC(C)=O)[C@@H]1OC(C)=O. The van der Waals surface area contributed by atoms with Crippen LogP contribution in [-0.2, 0) is 33.3 Å². The number of nitrogens with zero attached hydrogens (tertiary/aromatic N) is 1. The Labute approximate surface area is 166 Å². The highest BCUT2D eigenvalue weighted by molar-refractivity contribution is 14.1. The molecule has 1 aromatic rings. The van der Waals surface area contributed by atoms with Crippen LogP contribution in [0.5, 0.6) is 0 Å². The van der Waals surface area contributed by atoms with Crippen molar-refractivity contribution in [1.29, 1.82) is 0 Å². The molecule has 0 bridgehead atoms. The van der Waals surface area contributed by atoms with Gasteiger partial charge in [0.2, 0.25) is 0 Å². The van der Waals surface area contributed by atoms with Crippen molar-refractivity contribution in [2.45, 2.75) is 45.3 Å². The van der Waals surface area contributed by atoms with Crippen LogP contribution in [0.2, 0.25) is 0 Å². The summed E-state index contributed by atoms with van der Waals surface area (Å²) in [4.78, 5) is 60.0. The van der Waals surface area contributed by atoms with Crippen LogP contribution in [0.4, 0.5) is 0 Å². The van der Waals surface area contributed by atoms with E-state index in [0.29, 0.717) is 0 Å². The summed E-state index contributed by atoms with van der Waals surface area (Å²) in [6, 6.07) is 0. The lowest BCUT2D eigenvalue weighted by atomic mass is 10.1. The van der Waals surface area contributed by atoms with Gasteiger partial charge in [-0.1, -0.05) is 0 Å². The van der Waals surface area contributed by atoms with Gasteiger partial charge in [-0.2, -0.15) is 0 Å². The van der Waals surface area contributed by atoms with E-state index in [4.69, 9.17) is 18.9 Å². The normalized spacial score (nSPS) is 24.3. The summed E-state index contributed by atoms with van der Waals surface area (Å²) in [5.41, 5.74) is -1.40. The number of carbonyl (C=O) groups is 3. The van der Waals surface area contributed by atoms with Gasteiger partial charge in [0.25, 0.3) is 5.56 Å². The van der Waals surface area contributed by atoms with E-state index in [-0.39, 0.29) is 10.2 Å². The predicted octanol–water partition coefficient (Wildman–Crippen LogP) is -0.535. The summed E-state index contributed by atoms with van der Waals surface area (Å²) in [6.45, 7) is 3.18. The number of rotatable bonds is 5. The minimum atomic E-state index is -1.21. The van der Waals surface area contributed by atoms with Gasteiger partial charge in [-0.25, -0.2) is 4.79 Å². The third-order valence-electron chi connectivity index (χ3n) is 3.54. The summed E-state index contributed by atoms with van der Waals surface area (Å²) in [7, 11) is 0. The van der Waals surface area contributed by atoms with Crippen molar-refractivity contribution < 1.29 is 33.3 Å². The number of hydrogen-bond donors (Lipinski definition) is 1. The van der Waals surface area contributed by atoms with Crippen LogP contribution in [0.3, 0.4) is 0 Å². The number of H-pyrrole nitrogens is 1. The van der Waals surface area contributed by atoms with Crippen molar-refractivity contribution in [3.63, 3.8) is 0 Å². The number of hydrogen-bond acceptors (Lipinski definition) is 9. The fourth-order valence-corrected chi connectivity index (χ4v) is 3.00. The van der Waals surface area contributed by atoms with Crippen LogP contribution in [-0.4, -0.2) is 52.4 Å². The molecule has 1 aliphatic heterocycles. The smallest absolute Gasteiger partial charge is 0.330 e. The van der Waals surface area contributed by atoms with Crippen LogP contribution in [0.1, 0.15) is 27.0 Å². The first-order chi connectivity index (χ1) is 12.6. The monoisotopic (exact) mass is 496 g/mol. The van der Waals surface area contributed by atoms with Crippen LogP contribution in [0, 0.1) is 3.57 Å². The lowest BCUT2D eigenvalue weighted by Crippen LogP contribution is -2.42. The van der Waals surface area contributed by atoms with E-state index >= 15 is 0 Å². The van der Waals surface area contributed by atoms with Gasteiger partial charge in [0.15, 0.2) is 18.4 Å². The minimum absolute atomic E-state index is 0.185. The molecule has 2 rings (SSSR count). The highest BCUT2D eigenvalue weighted by atomic mass is 127. The molecule has 148 valence electrons. The Morgan fingerprint density at radius 3 is 2.26 bits per heavy atom. The maximum absolute atomic E-state index is 12.2. The van der Waals surface area contributed by atoms with Gasteiger partial charge in [-0.15, -0.1) is 0 Å². The molecule has 0 aromatic carbocycles. The number of aromatic amines is 1. The fraction of sp³-hybridized carbons (Fsp3) is 0.533. The molecule has 0 radical (unpaired) electrons. The van der Waals surface area contributed by atoms with Crippen LogP contribution < -0.4 is 11.2 Å². The van der Waals surface area contributed by atoms with E-state index in [9.17, 15) is 24.0 Å². The van der Waals surface area contributed by atoms with Crippen LogP contribution >= 0.6 is 22.6 Å². The lowest BCUT2D eigenvalue weighted by Gasteiger charge is -2.23. The first-order valence-corrected chi connectivity index (χ1v) is 8.82. The van der Waals surface area contributed by atoms with Crippen molar-refractivity contribution in [2.75, 3.05) is 6.61 Å². The zero-order valence-corrected chi connectivity index (χ0v) is 16.8. The van der Waals surface area contributed by atoms with Crippen molar-refractivity contribution >= 4 is 40.5 Å². The number of aromatic nitrogens is 2. The molecule has 1 fully saturated rings. The van der Waals surface area contributed by atoms with Crippen molar-refractivity contribution in [2.24, 2.45) is 0 Å². The molecule has 4 atom stereocenters. The second-order valence-corrected chi connectivity index (χ2v) is 6.82. The molecule has 0 aliphatic carbocycles. The summed E-state index contributed by atoms with van der Waals surface area (Å²) in [5, 5.41) is 0. The van der Waals surface area contributed by atoms with Crippen molar-refractivity contribution in [1.82, 2.24) is 9.55 Å². The molecule has 1 unspecified atom stereocenters. The Bertz CT molecular complexity index is 862. The number of halogens is 1. The van der Waals surface area contributed by atoms with E-state index in [1.165, 1.54) is 13.1 Å². The van der Waals surface area contributed by atoms with Gasteiger partial charge >= 0.3 is 23.6 Å².